The van der Waals surface area contributed by atoms with Crippen LogP contribution in [0.4, 0.5) is 11.4 Å². The molecule has 8 heteroatoms. The lowest BCUT2D eigenvalue weighted by molar-refractivity contribution is -0.122. The van der Waals surface area contributed by atoms with Crippen molar-refractivity contribution in [2.45, 2.75) is 17.9 Å². The fourth-order valence-corrected chi connectivity index (χ4v) is 4.78. The molecule has 0 unspecified atom stereocenters. The maximum atomic E-state index is 13.4. The third-order valence-corrected chi connectivity index (χ3v) is 6.79. The fraction of sp³-hybridized carbons (Fsp3) is 0.174. The minimum Gasteiger partial charge on any atom is -0.497 e. The number of amides is 1. The first kappa shape index (κ1) is 20.7. The number of hydrogen-bond acceptors (Lipinski definition) is 5. The van der Waals surface area contributed by atoms with Gasteiger partial charge in [-0.05, 0) is 55.5 Å². The maximum absolute atomic E-state index is 13.4. The van der Waals surface area contributed by atoms with E-state index >= 15 is 0 Å². The Balaban J connectivity index is 1.63. The Morgan fingerprint density at radius 2 is 1.71 bits per heavy atom. The van der Waals surface area contributed by atoms with Gasteiger partial charge < -0.3 is 14.8 Å². The Bertz CT molecular complexity index is 1190. The first-order valence-corrected chi connectivity index (χ1v) is 11.1. The summed E-state index contributed by atoms with van der Waals surface area (Å²) < 4.78 is 39.0. The number of ether oxygens (including phenoxy) is 2. The average Bonchev–Trinajstić information content (AvgIpc) is 2.79. The number of carbonyl (C=O) groups is 1. The summed E-state index contributed by atoms with van der Waals surface area (Å²) in [5.41, 5.74) is 1.91. The number of sulfonamides is 1. The van der Waals surface area contributed by atoms with Crippen LogP contribution in [-0.2, 0) is 14.8 Å². The van der Waals surface area contributed by atoms with Crippen LogP contribution in [0.2, 0.25) is 0 Å². The Morgan fingerprint density at radius 1 is 1.03 bits per heavy atom. The highest BCUT2D eigenvalue weighted by atomic mass is 32.2. The van der Waals surface area contributed by atoms with E-state index in [1.54, 1.807) is 79.9 Å². The van der Waals surface area contributed by atoms with Crippen molar-refractivity contribution in [3.05, 3.63) is 78.4 Å². The number of benzene rings is 3. The fourth-order valence-electron chi connectivity index (χ4n) is 3.30. The Morgan fingerprint density at radius 3 is 2.39 bits per heavy atom. The molecule has 7 nitrogen and oxygen atoms in total. The van der Waals surface area contributed by atoms with E-state index in [1.165, 1.54) is 4.31 Å². The van der Waals surface area contributed by atoms with Gasteiger partial charge in [0.2, 0.25) is 0 Å². The second kappa shape index (κ2) is 8.31. The summed E-state index contributed by atoms with van der Waals surface area (Å²) >= 11 is 0. The van der Waals surface area contributed by atoms with E-state index in [0.29, 0.717) is 22.9 Å². The van der Waals surface area contributed by atoms with Crippen LogP contribution in [0.15, 0.2) is 77.7 Å². The lowest BCUT2D eigenvalue weighted by atomic mass is 10.2. The molecule has 0 radical (unpaired) electrons. The number of para-hydroxylation sites is 2. The molecule has 0 spiro atoms. The normalized spacial score (nSPS) is 15.5. The summed E-state index contributed by atoms with van der Waals surface area (Å²) in [6.07, 6.45) is -1.02. The van der Waals surface area contributed by atoms with Crippen LogP contribution < -0.4 is 19.1 Å². The summed E-state index contributed by atoms with van der Waals surface area (Å²) in [7, 11) is -2.32. The number of methoxy groups -OCH3 is 1. The number of anilines is 2. The van der Waals surface area contributed by atoms with Gasteiger partial charge >= 0.3 is 0 Å². The third kappa shape index (κ3) is 4.20. The van der Waals surface area contributed by atoms with Crippen molar-refractivity contribution in [1.29, 1.82) is 0 Å². The van der Waals surface area contributed by atoms with Gasteiger partial charge in [-0.3, -0.25) is 9.10 Å². The van der Waals surface area contributed by atoms with E-state index < -0.39 is 22.0 Å². The van der Waals surface area contributed by atoms with Gasteiger partial charge in [-0.2, -0.15) is 0 Å². The molecule has 160 valence electrons. The second-order valence-electron chi connectivity index (χ2n) is 7.14. The van der Waals surface area contributed by atoms with Gasteiger partial charge in [0.25, 0.3) is 15.9 Å². The highest BCUT2D eigenvalue weighted by Crippen LogP contribution is 2.37. The summed E-state index contributed by atoms with van der Waals surface area (Å²) in [6, 6.07) is 20.3. The summed E-state index contributed by atoms with van der Waals surface area (Å²) in [4.78, 5) is 13.1. The van der Waals surface area contributed by atoms with Gasteiger partial charge in [-0.15, -0.1) is 0 Å². The molecule has 1 aliphatic rings. The molecule has 1 aliphatic heterocycles. The van der Waals surface area contributed by atoms with Crippen LogP contribution in [0.25, 0.3) is 0 Å². The maximum Gasteiger partial charge on any atom is 0.267 e. The van der Waals surface area contributed by atoms with Crippen LogP contribution in [0.1, 0.15) is 5.56 Å². The number of nitrogens with one attached hydrogen (secondary N) is 1. The van der Waals surface area contributed by atoms with Crippen molar-refractivity contribution in [1.82, 2.24) is 0 Å². The van der Waals surface area contributed by atoms with Crippen molar-refractivity contribution >= 4 is 27.3 Å². The second-order valence-corrected chi connectivity index (χ2v) is 9.00. The van der Waals surface area contributed by atoms with Crippen LogP contribution in [0, 0.1) is 6.92 Å². The molecule has 4 rings (SSSR count). The molecule has 1 amide bonds. The van der Waals surface area contributed by atoms with Crippen LogP contribution in [0.3, 0.4) is 0 Å². The standard InChI is InChI=1S/C23H22N2O5S/c1-16-7-13-19(14-8-16)31(27,28)25-15-22(30-21-6-4-3-5-20(21)25)23(26)24-17-9-11-18(29-2)12-10-17/h3-14,22H,15H2,1-2H3,(H,24,26)/t22-/m1/s1. The highest BCUT2D eigenvalue weighted by Gasteiger charge is 2.37. The molecular formula is C23H22N2O5S. The van der Waals surface area contributed by atoms with Crippen molar-refractivity contribution in [2.24, 2.45) is 0 Å². The molecule has 0 saturated carbocycles. The molecule has 0 bridgehead atoms. The molecule has 0 saturated heterocycles. The van der Waals surface area contributed by atoms with Crippen LogP contribution in [-0.4, -0.2) is 34.1 Å². The topological polar surface area (TPSA) is 84.9 Å². The van der Waals surface area contributed by atoms with Gasteiger partial charge in [0.05, 0.1) is 24.2 Å². The van der Waals surface area contributed by atoms with E-state index in [0.717, 1.165) is 5.56 Å². The van der Waals surface area contributed by atoms with E-state index in [2.05, 4.69) is 5.32 Å². The summed E-state index contributed by atoms with van der Waals surface area (Å²) in [5, 5.41) is 2.77. The zero-order valence-electron chi connectivity index (χ0n) is 17.1. The number of fused-ring (bicyclic) bond motifs is 1. The first-order valence-electron chi connectivity index (χ1n) is 9.68. The number of hydrogen-bond donors (Lipinski definition) is 1. The Kier molecular flexibility index (Phi) is 5.56. The number of carbonyl (C=O) groups excluding carboxylic acids is 1. The molecule has 3 aromatic rings. The smallest absolute Gasteiger partial charge is 0.267 e. The van der Waals surface area contributed by atoms with Gasteiger partial charge in [-0.1, -0.05) is 29.8 Å². The highest BCUT2D eigenvalue weighted by molar-refractivity contribution is 7.92. The zero-order chi connectivity index (χ0) is 22.0. The average molecular weight is 439 g/mol. The van der Waals surface area contributed by atoms with Crippen molar-refractivity contribution in [2.75, 3.05) is 23.3 Å². The largest absolute Gasteiger partial charge is 0.497 e. The van der Waals surface area contributed by atoms with E-state index in [9.17, 15) is 13.2 Å². The number of rotatable bonds is 5. The van der Waals surface area contributed by atoms with E-state index in [1.807, 2.05) is 6.92 Å². The van der Waals surface area contributed by atoms with Crippen LogP contribution in [0.5, 0.6) is 11.5 Å². The molecule has 1 atom stereocenters. The SMILES string of the molecule is COc1ccc(NC(=O)[C@H]2CN(S(=O)(=O)c3ccc(C)cc3)c3ccccc3O2)cc1. The minimum atomic E-state index is -3.88. The van der Waals surface area contributed by atoms with Gasteiger partial charge in [0.15, 0.2) is 6.10 Å². The summed E-state index contributed by atoms with van der Waals surface area (Å²) in [5.74, 6) is 0.555. The Hall–Kier alpha value is -3.52. The van der Waals surface area contributed by atoms with Gasteiger partial charge in [-0.25, -0.2) is 8.42 Å². The number of nitrogens with zero attached hydrogens (tertiary/aromatic N) is 1. The predicted molar refractivity (Wildman–Crippen MR) is 118 cm³/mol. The molecule has 31 heavy (non-hydrogen) atoms. The molecule has 3 aromatic carbocycles. The van der Waals surface area contributed by atoms with Crippen LogP contribution >= 0.6 is 0 Å². The van der Waals surface area contributed by atoms with Crippen molar-refractivity contribution < 1.29 is 22.7 Å². The monoisotopic (exact) mass is 438 g/mol. The lowest BCUT2D eigenvalue weighted by Gasteiger charge is -2.34. The molecule has 0 fully saturated rings. The third-order valence-electron chi connectivity index (χ3n) is 4.99. The molecule has 0 aliphatic carbocycles. The number of aryl methyl sites for hydroxylation is 1. The van der Waals surface area contributed by atoms with Gasteiger partial charge in [0.1, 0.15) is 11.5 Å². The molecule has 1 N–H and O–H groups in total. The van der Waals surface area contributed by atoms with Gasteiger partial charge in [0, 0.05) is 5.69 Å². The van der Waals surface area contributed by atoms with Crippen molar-refractivity contribution in [3.8, 4) is 11.5 Å². The summed E-state index contributed by atoms with van der Waals surface area (Å²) in [6.45, 7) is 1.75. The van der Waals surface area contributed by atoms with Crippen molar-refractivity contribution in [3.63, 3.8) is 0 Å². The molecule has 0 aromatic heterocycles. The van der Waals surface area contributed by atoms with E-state index in [-0.39, 0.29) is 11.4 Å². The minimum absolute atomic E-state index is 0.144. The Labute approximate surface area is 181 Å². The predicted octanol–water partition coefficient (Wildman–Crippen LogP) is 3.60. The lowest BCUT2D eigenvalue weighted by Crippen LogP contribution is -2.48. The molecule has 1 heterocycles. The zero-order valence-corrected chi connectivity index (χ0v) is 17.9. The molecular weight excluding hydrogens is 416 g/mol. The quantitative estimate of drug-likeness (QED) is 0.658. The van der Waals surface area contributed by atoms with E-state index in [4.69, 9.17) is 9.47 Å². The first-order chi connectivity index (χ1) is 14.9.